The maximum absolute atomic E-state index is 5.66. The molecule has 0 saturated heterocycles. The van der Waals surface area contributed by atoms with E-state index in [0.29, 0.717) is 0 Å². The summed E-state index contributed by atoms with van der Waals surface area (Å²) in [4.78, 5) is 0. The molecule has 1 heteroatoms. The third kappa shape index (κ3) is 14.7. The van der Waals surface area contributed by atoms with Gasteiger partial charge in [-0.05, 0) is 25.2 Å². The molecule has 1 fully saturated rings. The molecule has 0 aliphatic heterocycles. The first-order valence-electron chi connectivity index (χ1n) is 10.0. The van der Waals surface area contributed by atoms with E-state index in [0.717, 1.165) is 19.1 Å². The minimum absolute atomic E-state index is 0.927. The predicted molar refractivity (Wildman–Crippen MR) is 93.9 cm³/mol. The second-order valence-corrected chi connectivity index (χ2v) is 7.11. The van der Waals surface area contributed by atoms with Crippen molar-refractivity contribution in [1.29, 1.82) is 0 Å². The van der Waals surface area contributed by atoms with Gasteiger partial charge in [-0.1, -0.05) is 90.4 Å². The van der Waals surface area contributed by atoms with Crippen molar-refractivity contribution in [3.05, 3.63) is 0 Å². The molecular weight excluding hydrogens is 256 g/mol. The zero-order valence-electron chi connectivity index (χ0n) is 14.7. The van der Waals surface area contributed by atoms with E-state index in [-0.39, 0.29) is 0 Å². The lowest BCUT2D eigenvalue weighted by atomic mass is 10.0. The van der Waals surface area contributed by atoms with Gasteiger partial charge in [0.15, 0.2) is 0 Å². The Labute approximate surface area is 134 Å². The quantitative estimate of drug-likeness (QED) is 0.265. The monoisotopic (exact) mass is 296 g/mol. The highest BCUT2D eigenvalue weighted by atomic mass is 16.5. The molecule has 1 aliphatic rings. The SMILES string of the molecule is CCCCCCCCCCCCCCCCOCC1CC1. The van der Waals surface area contributed by atoms with E-state index in [4.69, 9.17) is 4.74 Å². The Morgan fingerprint density at radius 2 is 1.05 bits per heavy atom. The molecular formula is C20H40O. The fourth-order valence-electron chi connectivity index (χ4n) is 2.93. The molecule has 0 spiro atoms. The van der Waals surface area contributed by atoms with Crippen molar-refractivity contribution in [3.8, 4) is 0 Å². The van der Waals surface area contributed by atoms with Crippen molar-refractivity contribution in [3.63, 3.8) is 0 Å². The van der Waals surface area contributed by atoms with Crippen LogP contribution in [0.4, 0.5) is 0 Å². The summed E-state index contributed by atoms with van der Waals surface area (Å²) in [5.74, 6) is 0.927. The zero-order chi connectivity index (χ0) is 15.0. The summed E-state index contributed by atoms with van der Waals surface area (Å²) in [6, 6.07) is 0. The number of hydrogen-bond acceptors (Lipinski definition) is 1. The molecule has 0 bridgehead atoms. The maximum Gasteiger partial charge on any atom is 0.0494 e. The summed E-state index contributed by atoms with van der Waals surface area (Å²) in [5, 5.41) is 0. The van der Waals surface area contributed by atoms with Crippen molar-refractivity contribution >= 4 is 0 Å². The second kappa shape index (κ2) is 14.9. The molecule has 0 unspecified atom stereocenters. The third-order valence-electron chi connectivity index (χ3n) is 4.69. The van der Waals surface area contributed by atoms with E-state index in [1.807, 2.05) is 0 Å². The number of rotatable bonds is 17. The van der Waals surface area contributed by atoms with Crippen LogP contribution in [0, 0.1) is 5.92 Å². The summed E-state index contributed by atoms with van der Waals surface area (Å²) >= 11 is 0. The lowest BCUT2D eigenvalue weighted by Crippen LogP contribution is -1.98. The van der Waals surface area contributed by atoms with Crippen molar-refractivity contribution < 1.29 is 4.74 Å². The molecule has 1 saturated carbocycles. The van der Waals surface area contributed by atoms with Crippen molar-refractivity contribution in [2.24, 2.45) is 5.92 Å². The number of hydrogen-bond donors (Lipinski definition) is 0. The highest BCUT2D eigenvalue weighted by Crippen LogP contribution is 2.28. The molecule has 0 heterocycles. The minimum atomic E-state index is 0.927. The van der Waals surface area contributed by atoms with Gasteiger partial charge in [0.25, 0.3) is 0 Å². The zero-order valence-corrected chi connectivity index (χ0v) is 14.7. The minimum Gasteiger partial charge on any atom is -0.381 e. The highest BCUT2D eigenvalue weighted by Gasteiger charge is 2.20. The molecule has 0 aromatic carbocycles. The lowest BCUT2D eigenvalue weighted by molar-refractivity contribution is 0.120. The first-order chi connectivity index (χ1) is 10.4. The van der Waals surface area contributed by atoms with E-state index < -0.39 is 0 Å². The van der Waals surface area contributed by atoms with E-state index in [1.165, 1.54) is 103 Å². The van der Waals surface area contributed by atoms with Crippen LogP contribution in [0.5, 0.6) is 0 Å². The first-order valence-corrected chi connectivity index (χ1v) is 10.0. The predicted octanol–water partition coefficient (Wildman–Crippen LogP) is 6.89. The molecule has 1 aliphatic carbocycles. The summed E-state index contributed by atoms with van der Waals surface area (Å²) in [5.41, 5.74) is 0. The average molecular weight is 297 g/mol. The second-order valence-electron chi connectivity index (χ2n) is 7.11. The lowest BCUT2D eigenvalue weighted by Gasteiger charge is -2.04. The maximum atomic E-state index is 5.66. The van der Waals surface area contributed by atoms with Gasteiger partial charge in [0, 0.05) is 13.2 Å². The highest BCUT2D eigenvalue weighted by molar-refractivity contribution is 4.71. The van der Waals surface area contributed by atoms with Gasteiger partial charge >= 0.3 is 0 Å². The topological polar surface area (TPSA) is 9.23 Å². The molecule has 0 amide bonds. The summed E-state index contributed by atoms with van der Waals surface area (Å²) in [7, 11) is 0. The molecule has 1 nitrogen and oxygen atoms in total. The Kier molecular flexibility index (Phi) is 13.5. The van der Waals surface area contributed by atoms with Crippen LogP contribution >= 0.6 is 0 Å². The fourth-order valence-corrected chi connectivity index (χ4v) is 2.93. The normalized spacial score (nSPS) is 14.7. The summed E-state index contributed by atoms with van der Waals surface area (Å²) in [6.45, 7) is 4.34. The Morgan fingerprint density at radius 1 is 0.619 bits per heavy atom. The van der Waals surface area contributed by atoms with Crippen LogP contribution < -0.4 is 0 Å². The summed E-state index contributed by atoms with van der Waals surface area (Å²) in [6.07, 6.45) is 22.9. The molecule has 0 aromatic rings. The van der Waals surface area contributed by atoms with Crippen LogP contribution in [-0.4, -0.2) is 13.2 Å². The van der Waals surface area contributed by atoms with Gasteiger partial charge in [-0.3, -0.25) is 0 Å². The number of unbranched alkanes of at least 4 members (excludes halogenated alkanes) is 13. The molecule has 0 atom stereocenters. The van der Waals surface area contributed by atoms with Gasteiger partial charge < -0.3 is 4.74 Å². The number of ether oxygens (including phenoxy) is 1. The summed E-state index contributed by atoms with van der Waals surface area (Å²) < 4.78 is 5.66. The van der Waals surface area contributed by atoms with Crippen LogP contribution in [0.3, 0.4) is 0 Å². The van der Waals surface area contributed by atoms with Crippen LogP contribution in [0.15, 0.2) is 0 Å². The van der Waals surface area contributed by atoms with Gasteiger partial charge in [0.1, 0.15) is 0 Å². The standard InChI is InChI=1S/C20H40O/c1-2-3-4-5-6-7-8-9-10-11-12-13-14-15-18-21-19-20-16-17-20/h20H,2-19H2,1H3. The van der Waals surface area contributed by atoms with Gasteiger partial charge in [0.2, 0.25) is 0 Å². The van der Waals surface area contributed by atoms with E-state index in [1.54, 1.807) is 0 Å². The third-order valence-corrected chi connectivity index (χ3v) is 4.69. The molecule has 1 rings (SSSR count). The Balaban J connectivity index is 1.59. The van der Waals surface area contributed by atoms with E-state index in [2.05, 4.69) is 6.92 Å². The fraction of sp³-hybridized carbons (Fsp3) is 1.00. The van der Waals surface area contributed by atoms with Crippen LogP contribution in [-0.2, 0) is 4.74 Å². The largest absolute Gasteiger partial charge is 0.381 e. The molecule has 0 N–H and O–H groups in total. The van der Waals surface area contributed by atoms with Crippen molar-refractivity contribution in [1.82, 2.24) is 0 Å². The van der Waals surface area contributed by atoms with Gasteiger partial charge in [0.05, 0.1) is 0 Å². The van der Waals surface area contributed by atoms with Gasteiger partial charge in [-0.25, -0.2) is 0 Å². The molecule has 0 radical (unpaired) electrons. The average Bonchev–Trinajstić information content (AvgIpc) is 3.31. The van der Waals surface area contributed by atoms with Crippen LogP contribution in [0.1, 0.15) is 110 Å². The van der Waals surface area contributed by atoms with E-state index >= 15 is 0 Å². The molecule has 21 heavy (non-hydrogen) atoms. The van der Waals surface area contributed by atoms with Crippen LogP contribution in [0.2, 0.25) is 0 Å². The Morgan fingerprint density at radius 3 is 1.48 bits per heavy atom. The van der Waals surface area contributed by atoms with Crippen LogP contribution in [0.25, 0.3) is 0 Å². The van der Waals surface area contributed by atoms with Gasteiger partial charge in [-0.2, -0.15) is 0 Å². The smallest absolute Gasteiger partial charge is 0.0494 e. The molecule has 126 valence electrons. The first kappa shape index (κ1) is 19.0. The van der Waals surface area contributed by atoms with E-state index in [9.17, 15) is 0 Å². The van der Waals surface area contributed by atoms with Crippen molar-refractivity contribution in [2.45, 2.75) is 110 Å². The van der Waals surface area contributed by atoms with Crippen molar-refractivity contribution in [2.75, 3.05) is 13.2 Å². The molecule has 0 aromatic heterocycles. The Bertz CT molecular complexity index is 198. The Hall–Kier alpha value is -0.0400. The van der Waals surface area contributed by atoms with Gasteiger partial charge in [-0.15, -0.1) is 0 Å².